The van der Waals surface area contributed by atoms with Crippen molar-refractivity contribution >= 4 is 29.2 Å². The summed E-state index contributed by atoms with van der Waals surface area (Å²) in [4.78, 5) is 12.5. The number of carbonyl (C=O) groups is 1. The van der Waals surface area contributed by atoms with Crippen LogP contribution in [0.3, 0.4) is 0 Å². The summed E-state index contributed by atoms with van der Waals surface area (Å²) >= 11 is 12.1. The molecule has 0 bridgehead atoms. The first-order valence-electron chi connectivity index (χ1n) is 5.41. The summed E-state index contributed by atoms with van der Waals surface area (Å²) in [7, 11) is 0. The highest BCUT2D eigenvalue weighted by Crippen LogP contribution is 2.25. The predicted molar refractivity (Wildman–Crippen MR) is 69.7 cm³/mol. The van der Waals surface area contributed by atoms with Crippen LogP contribution in [0.25, 0.3) is 0 Å². The van der Waals surface area contributed by atoms with Gasteiger partial charge in [-0.15, -0.1) is 0 Å². The van der Waals surface area contributed by atoms with Gasteiger partial charge in [-0.1, -0.05) is 36.2 Å². The lowest BCUT2D eigenvalue weighted by atomic mass is 10.2. The molecule has 0 amide bonds. The van der Waals surface area contributed by atoms with Gasteiger partial charge in [0.2, 0.25) is 0 Å². The van der Waals surface area contributed by atoms with E-state index in [1.807, 2.05) is 11.8 Å². The second-order valence-corrected chi connectivity index (χ2v) is 4.53. The molecule has 94 valence electrons. The summed E-state index contributed by atoms with van der Waals surface area (Å²) in [6, 6.07) is 5.36. The summed E-state index contributed by atoms with van der Waals surface area (Å²) in [5.74, 6) is -0.797. The zero-order valence-corrected chi connectivity index (χ0v) is 11.1. The van der Waals surface area contributed by atoms with Gasteiger partial charge in [-0.2, -0.15) is 0 Å². The van der Waals surface area contributed by atoms with E-state index in [9.17, 15) is 4.79 Å². The van der Waals surface area contributed by atoms with Crippen LogP contribution in [0, 0.1) is 0 Å². The van der Waals surface area contributed by atoms with Gasteiger partial charge in [0, 0.05) is 28.7 Å². The lowest BCUT2D eigenvalue weighted by Gasteiger charge is -2.20. The zero-order chi connectivity index (χ0) is 12.8. The van der Waals surface area contributed by atoms with Crippen molar-refractivity contribution in [2.45, 2.75) is 19.9 Å². The van der Waals surface area contributed by atoms with E-state index < -0.39 is 5.97 Å². The highest BCUT2D eigenvalue weighted by Gasteiger charge is 2.11. The SMILES string of the molecule is CCN(CCC(=O)O)Cc1c(Cl)cccc1Cl. The van der Waals surface area contributed by atoms with Crippen LogP contribution in [-0.4, -0.2) is 29.1 Å². The van der Waals surface area contributed by atoms with E-state index in [0.29, 0.717) is 23.1 Å². The number of nitrogens with zero attached hydrogens (tertiary/aromatic N) is 1. The molecule has 1 aromatic rings. The quantitative estimate of drug-likeness (QED) is 0.866. The fourth-order valence-corrected chi connectivity index (χ4v) is 2.03. The van der Waals surface area contributed by atoms with Gasteiger partial charge in [0.15, 0.2) is 0 Å². The Balaban J connectivity index is 2.70. The number of carboxylic acids is 1. The molecular weight excluding hydrogens is 261 g/mol. The monoisotopic (exact) mass is 275 g/mol. The van der Waals surface area contributed by atoms with Gasteiger partial charge in [-0.25, -0.2) is 0 Å². The van der Waals surface area contributed by atoms with E-state index in [1.165, 1.54) is 0 Å². The Hall–Kier alpha value is -0.770. The second-order valence-electron chi connectivity index (χ2n) is 3.71. The fraction of sp³-hybridized carbons (Fsp3) is 0.417. The van der Waals surface area contributed by atoms with Crippen LogP contribution in [-0.2, 0) is 11.3 Å². The highest BCUT2D eigenvalue weighted by atomic mass is 35.5. The van der Waals surface area contributed by atoms with Crippen molar-refractivity contribution in [3.63, 3.8) is 0 Å². The van der Waals surface area contributed by atoms with Gasteiger partial charge in [-0.05, 0) is 18.7 Å². The predicted octanol–water partition coefficient (Wildman–Crippen LogP) is 3.29. The third-order valence-corrected chi connectivity index (χ3v) is 3.24. The summed E-state index contributed by atoms with van der Waals surface area (Å²) < 4.78 is 0. The number of rotatable bonds is 6. The maximum absolute atomic E-state index is 10.5. The number of aliphatic carboxylic acids is 1. The van der Waals surface area contributed by atoms with Crippen molar-refractivity contribution < 1.29 is 9.90 Å². The van der Waals surface area contributed by atoms with Crippen LogP contribution in [0.5, 0.6) is 0 Å². The first kappa shape index (κ1) is 14.3. The minimum Gasteiger partial charge on any atom is -0.481 e. The van der Waals surface area contributed by atoms with E-state index in [0.717, 1.165) is 12.1 Å². The van der Waals surface area contributed by atoms with Crippen molar-refractivity contribution in [2.24, 2.45) is 0 Å². The van der Waals surface area contributed by atoms with Crippen LogP contribution in [0.2, 0.25) is 10.0 Å². The lowest BCUT2D eigenvalue weighted by Crippen LogP contribution is -2.26. The molecule has 17 heavy (non-hydrogen) atoms. The molecule has 0 saturated heterocycles. The second kappa shape index (κ2) is 6.84. The van der Waals surface area contributed by atoms with E-state index in [-0.39, 0.29) is 6.42 Å². The molecule has 1 aromatic carbocycles. The van der Waals surface area contributed by atoms with E-state index in [4.69, 9.17) is 28.3 Å². The first-order valence-corrected chi connectivity index (χ1v) is 6.17. The van der Waals surface area contributed by atoms with E-state index >= 15 is 0 Å². The Morgan fingerprint density at radius 2 is 1.94 bits per heavy atom. The van der Waals surface area contributed by atoms with E-state index in [2.05, 4.69) is 0 Å². The lowest BCUT2D eigenvalue weighted by molar-refractivity contribution is -0.137. The van der Waals surface area contributed by atoms with Crippen molar-refractivity contribution in [3.8, 4) is 0 Å². The standard InChI is InChI=1S/C12H15Cl2NO2/c1-2-15(7-6-12(16)17)8-9-10(13)4-3-5-11(9)14/h3-5H,2,6-8H2,1H3,(H,16,17). The number of hydrogen-bond donors (Lipinski definition) is 1. The van der Waals surface area contributed by atoms with Gasteiger partial charge < -0.3 is 5.11 Å². The number of benzene rings is 1. The van der Waals surface area contributed by atoms with Crippen LogP contribution >= 0.6 is 23.2 Å². The Bertz CT molecular complexity index is 376. The van der Waals surface area contributed by atoms with Gasteiger partial charge in [0.1, 0.15) is 0 Å². The maximum Gasteiger partial charge on any atom is 0.304 e. The molecule has 0 aromatic heterocycles. The molecular formula is C12H15Cl2NO2. The topological polar surface area (TPSA) is 40.5 Å². The van der Waals surface area contributed by atoms with E-state index in [1.54, 1.807) is 18.2 Å². The molecule has 0 spiro atoms. The molecule has 3 nitrogen and oxygen atoms in total. The van der Waals surface area contributed by atoms with Gasteiger partial charge >= 0.3 is 5.97 Å². The Labute approximate surface area is 111 Å². The fourth-order valence-electron chi connectivity index (χ4n) is 1.51. The third kappa shape index (κ3) is 4.54. The molecule has 0 unspecified atom stereocenters. The summed E-state index contributed by atoms with van der Waals surface area (Å²) in [5.41, 5.74) is 0.850. The van der Waals surface area contributed by atoms with Crippen molar-refractivity contribution in [1.29, 1.82) is 0 Å². The first-order chi connectivity index (χ1) is 8.04. The van der Waals surface area contributed by atoms with Crippen LogP contribution < -0.4 is 0 Å². The zero-order valence-electron chi connectivity index (χ0n) is 9.62. The van der Waals surface area contributed by atoms with Gasteiger partial charge in [-0.3, -0.25) is 9.69 Å². The summed E-state index contributed by atoms with van der Waals surface area (Å²) in [6.07, 6.45) is 0.121. The number of hydrogen-bond acceptors (Lipinski definition) is 2. The molecule has 0 saturated carbocycles. The summed E-state index contributed by atoms with van der Waals surface area (Å²) in [5, 5.41) is 9.89. The average Bonchev–Trinajstić information content (AvgIpc) is 2.27. The molecule has 0 atom stereocenters. The highest BCUT2D eigenvalue weighted by molar-refractivity contribution is 6.35. The summed E-state index contributed by atoms with van der Waals surface area (Å²) in [6.45, 7) is 3.80. The Kier molecular flexibility index (Phi) is 5.75. The Morgan fingerprint density at radius 3 is 2.41 bits per heavy atom. The minimum atomic E-state index is -0.797. The largest absolute Gasteiger partial charge is 0.481 e. The maximum atomic E-state index is 10.5. The van der Waals surface area contributed by atoms with Crippen molar-refractivity contribution in [1.82, 2.24) is 4.90 Å². The molecule has 1 N–H and O–H groups in total. The normalized spacial score (nSPS) is 10.8. The molecule has 1 rings (SSSR count). The molecule has 5 heteroatoms. The molecule has 0 aliphatic carbocycles. The molecule has 0 radical (unpaired) electrons. The van der Waals surface area contributed by atoms with Crippen molar-refractivity contribution in [2.75, 3.05) is 13.1 Å². The van der Waals surface area contributed by atoms with Gasteiger partial charge in [0.25, 0.3) is 0 Å². The molecule has 0 aliphatic heterocycles. The smallest absolute Gasteiger partial charge is 0.304 e. The van der Waals surface area contributed by atoms with Crippen LogP contribution in [0.15, 0.2) is 18.2 Å². The third-order valence-electron chi connectivity index (χ3n) is 2.53. The van der Waals surface area contributed by atoms with Gasteiger partial charge in [0.05, 0.1) is 6.42 Å². The van der Waals surface area contributed by atoms with Crippen molar-refractivity contribution in [3.05, 3.63) is 33.8 Å². The van der Waals surface area contributed by atoms with Crippen LogP contribution in [0.1, 0.15) is 18.9 Å². The van der Waals surface area contributed by atoms with Crippen LogP contribution in [0.4, 0.5) is 0 Å². The molecule has 0 aliphatic rings. The minimum absolute atomic E-state index is 0.121. The molecule has 0 heterocycles. The average molecular weight is 276 g/mol. The molecule has 0 fully saturated rings. The Morgan fingerprint density at radius 1 is 1.35 bits per heavy atom. The number of halogens is 2. The number of carboxylic acid groups (broad SMARTS) is 1.